The number of benzene rings is 3. The van der Waals surface area contributed by atoms with Crippen molar-refractivity contribution in [1.29, 1.82) is 0 Å². The molecule has 1 aliphatic rings. The van der Waals surface area contributed by atoms with Crippen molar-refractivity contribution >= 4 is 11.1 Å². The van der Waals surface area contributed by atoms with E-state index in [9.17, 15) is 0 Å². The quantitative estimate of drug-likeness (QED) is 0.206. The van der Waals surface area contributed by atoms with Gasteiger partial charge in [-0.1, -0.05) is 121 Å². The van der Waals surface area contributed by atoms with Crippen LogP contribution in [0.3, 0.4) is 0 Å². The molecule has 208 valence electrons. The number of aryl methyl sites for hydroxylation is 1. The van der Waals surface area contributed by atoms with Gasteiger partial charge in [-0.2, -0.15) is 0 Å². The van der Waals surface area contributed by atoms with Crippen molar-refractivity contribution < 1.29 is 0 Å². The highest BCUT2D eigenvalue weighted by molar-refractivity contribution is 5.81. The first-order valence-corrected chi connectivity index (χ1v) is 14.5. The Kier molecular flexibility index (Phi) is 8.99. The zero-order valence-electron chi connectivity index (χ0n) is 24.9. The summed E-state index contributed by atoms with van der Waals surface area (Å²) >= 11 is 0. The lowest BCUT2D eigenvalue weighted by molar-refractivity contribution is 0.770. The van der Waals surface area contributed by atoms with Crippen molar-refractivity contribution in [3.63, 3.8) is 0 Å². The molecule has 0 fully saturated rings. The molecular weight excluding hydrogens is 510 g/mol. The molecule has 1 aliphatic carbocycles. The molecule has 3 nitrogen and oxygen atoms in total. The Morgan fingerprint density at radius 3 is 2.31 bits per heavy atom. The lowest BCUT2D eigenvalue weighted by Crippen LogP contribution is -2.02. The first-order valence-electron chi connectivity index (χ1n) is 14.5. The van der Waals surface area contributed by atoms with Crippen LogP contribution < -0.4 is 0 Å². The van der Waals surface area contributed by atoms with Crippen LogP contribution in [-0.4, -0.2) is 15.0 Å². The van der Waals surface area contributed by atoms with Crippen LogP contribution in [-0.2, 0) is 0 Å². The number of hydrogen-bond acceptors (Lipinski definition) is 3. The van der Waals surface area contributed by atoms with Crippen molar-refractivity contribution in [2.45, 2.75) is 34.1 Å². The molecular formula is C39H37N3. The number of nitrogens with zero attached hydrogens (tertiary/aromatic N) is 3. The van der Waals surface area contributed by atoms with Crippen LogP contribution in [0.25, 0.3) is 45.0 Å². The molecule has 1 aromatic heterocycles. The van der Waals surface area contributed by atoms with E-state index in [-0.39, 0.29) is 0 Å². The maximum atomic E-state index is 4.93. The first kappa shape index (κ1) is 28.6. The van der Waals surface area contributed by atoms with Crippen LogP contribution >= 0.6 is 0 Å². The molecule has 0 saturated heterocycles. The molecule has 3 aromatic carbocycles. The van der Waals surface area contributed by atoms with Gasteiger partial charge in [-0.15, -0.1) is 0 Å². The average Bonchev–Trinajstić information content (AvgIpc) is 3.04. The minimum atomic E-state index is 0.388. The Hall–Kier alpha value is -4.89. The molecule has 0 bridgehead atoms. The summed E-state index contributed by atoms with van der Waals surface area (Å²) in [6, 6.07) is 25.4. The lowest BCUT2D eigenvalue weighted by Gasteiger charge is -2.18. The second-order valence-electron chi connectivity index (χ2n) is 10.7. The summed E-state index contributed by atoms with van der Waals surface area (Å²) in [4.78, 5) is 14.7. The monoisotopic (exact) mass is 547 g/mol. The molecule has 0 saturated carbocycles. The van der Waals surface area contributed by atoms with Crippen molar-refractivity contribution in [3.05, 3.63) is 151 Å². The fourth-order valence-corrected chi connectivity index (χ4v) is 5.15. The molecule has 42 heavy (non-hydrogen) atoms. The topological polar surface area (TPSA) is 38.7 Å². The summed E-state index contributed by atoms with van der Waals surface area (Å²) in [5, 5.41) is 0. The molecule has 1 heterocycles. The molecule has 1 atom stereocenters. The fraction of sp³-hybridized carbons (Fsp3) is 0.154. The second kappa shape index (κ2) is 13.2. The largest absolute Gasteiger partial charge is 0.209 e. The van der Waals surface area contributed by atoms with Gasteiger partial charge in [0, 0.05) is 17.0 Å². The van der Waals surface area contributed by atoms with E-state index in [0.29, 0.717) is 23.4 Å². The maximum absolute atomic E-state index is 4.93. The van der Waals surface area contributed by atoms with Gasteiger partial charge < -0.3 is 0 Å². The summed E-state index contributed by atoms with van der Waals surface area (Å²) in [5.74, 6) is 2.39. The van der Waals surface area contributed by atoms with Crippen LogP contribution in [0.5, 0.6) is 0 Å². The zero-order chi connectivity index (χ0) is 29.5. The first-order chi connectivity index (χ1) is 20.5. The zero-order valence-corrected chi connectivity index (χ0v) is 24.9. The van der Waals surface area contributed by atoms with Crippen LogP contribution in [0.4, 0.5) is 0 Å². The predicted octanol–water partition coefficient (Wildman–Crippen LogP) is 10.3. The van der Waals surface area contributed by atoms with Gasteiger partial charge in [0.2, 0.25) is 0 Å². The number of allylic oxidation sites excluding steroid dienone is 11. The van der Waals surface area contributed by atoms with E-state index < -0.39 is 0 Å². The van der Waals surface area contributed by atoms with Crippen molar-refractivity contribution in [2.75, 3.05) is 0 Å². The van der Waals surface area contributed by atoms with Gasteiger partial charge in [0.15, 0.2) is 17.5 Å². The molecule has 3 heteroatoms. The molecule has 1 unspecified atom stereocenters. The van der Waals surface area contributed by atoms with Gasteiger partial charge >= 0.3 is 0 Å². The third kappa shape index (κ3) is 6.53. The van der Waals surface area contributed by atoms with Crippen LogP contribution in [0.15, 0.2) is 134 Å². The van der Waals surface area contributed by atoms with Gasteiger partial charge in [-0.05, 0) is 79.6 Å². The third-order valence-corrected chi connectivity index (χ3v) is 7.60. The summed E-state index contributed by atoms with van der Waals surface area (Å²) < 4.78 is 0. The van der Waals surface area contributed by atoms with Crippen LogP contribution in [0.1, 0.15) is 44.1 Å². The van der Waals surface area contributed by atoms with E-state index in [4.69, 9.17) is 15.0 Å². The van der Waals surface area contributed by atoms with E-state index >= 15 is 0 Å². The SMILES string of the molecule is C=C/C=C(\C)C1C=C(c2cccc(-c3cc(-c4nc(/C(C)=C/C=C\C)nc(-c5ccccc5)n4)ccc3C)c2)C=CC1. The smallest absolute Gasteiger partial charge is 0.164 e. The van der Waals surface area contributed by atoms with E-state index in [1.807, 2.05) is 68.5 Å². The molecule has 0 aliphatic heterocycles. The minimum absolute atomic E-state index is 0.388. The highest BCUT2D eigenvalue weighted by Crippen LogP contribution is 2.34. The van der Waals surface area contributed by atoms with Gasteiger partial charge in [0.25, 0.3) is 0 Å². The highest BCUT2D eigenvalue weighted by Gasteiger charge is 2.15. The summed E-state index contributed by atoms with van der Waals surface area (Å²) in [6.07, 6.45) is 17.9. The Labute approximate surface area is 250 Å². The molecule has 0 amide bonds. The molecule has 0 radical (unpaired) electrons. The number of hydrogen-bond donors (Lipinski definition) is 0. The van der Waals surface area contributed by atoms with Gasteiger partial charge in [-0.25, -0.2) is 15.0 Å². The van der Waals surface area contributed by atoms with Gasteiger partial charge in [0.05, 0.1) is 0 Å². The average molecular weight is 548 g/mol. The Bertz CT molecular complexity index is 1750. The van der Waals surface area contributed by atoms with E-state index in [2.05, 4.69) is 87.2 Å². The Balaban J connectivity index is 1.57. The summed E-state index contributed by atoms with van der Waals surface area (Å²) in [5.41, 5.74) is 10.2. The second-order valence-corrected chi connectivity index (χ2v) is 10.7. The van der Waals surface area contributed by atoms with Gasteiger partial charge in [0.1, 0.15) is 0 Å². The summed E-state index contributed by atoms with van der Waals surface area (Å²) in [6.45, 7) is 12.2. The lowest BCUT2D eigenvalue weighted by atomic mass is 9.87. The molecule has 0 spiro atoms. The van der Waals surface area contributed by atoms with Crippen LogP contribution in [0, 0.1) is 12.8 Å². The van der Waals surface area contributed by atoms with E-state index in [1.165, 1.54) is 33.4 Å². The molecule has 0 N–H and O–H groups in total. The molecule has 4 aromatic rings. The standard InChI is InChI=1S/C39H37N3/c1-6-8-15-29(5)37-40-38(30-16-10-9-11-17-30)42-39(41-37)35-23-22-28(4)36(26-35)34-21-13-20-33(25-34)32-19-12-18-31(24-32)27(3)14-7-2/h6-17,19-26,31H,2,18H2,1,3-5H3/b8-6-,27-14+,29-15+. The predicted molar refractivity (Wildman–Crippen MR) is 179 cm³/mol. The molecule has 5 rings (SSSR count). The summed E-state index contributed by atoms with van der Waals surface area (Å²) in [7, 11) is 0. The van der Waals surface area contributed by atoms with E-state index in [0.717, 1.165) is 23.1 Å². The Morgan fingerprint density at radius 1 is 0.810 bits per heavy atom. The van der Waals surface area contributed by atoms with Crippen molar-refractivity contribution in [3.8, 4) is 33.9 Å². The Morgan fingerprint density at radius 2 is 1.55 bits per heavy atom. The van der Waals surface area contributed by atoms with Crippen molar-refractivity contribution in [2.24, 2.45) is 5.92 Å². The normalized spacial score (nSPS) is 15.6. The number of aromatic nitrogens is 3. The minimum Gasteiger partial charge on any atom is -0.209 e. The van der Waals surface area contributed by atoms with Gasteiger partial charge in [-0.3, -0.25) is 0 Å². The van der Waals surface area contributed by atoms with Crippen LogP contribution in [0.2, 0.25) is 0 Å². The fourth-order valence-electron chi connectivity index (χ4n) is 5.15. The maximum Gasteiger partial charge on any atom is 0.164 e. The third-order valence-electron chi connectivity index (χ3n) is 7.60. The van der Waals surface area contributed by atoms with Crippen molar-refractivity contribution in [1.82, 2.24) is 15.0 Å². The number of rotatable bonds is 8. The van der Waals surface area contributed by atoms with E-state index in [1.54, 1.807) is 0 Å². The highest BCUT2D eigenvalue weighted by atomic mass is 15.0.